The van der Waals surface area contributed by atoms with E-state index in [0.717, 1.165) is 5.56 Å². The van der Waals surface area contributed by atoms with E-state index in [0.29, 0.717) is 0 Å². The van der Waals surface area contributed by atoms with Crippen molar-refractivity contribution in [3.63, 3.8) is 0 Å². The van der Waals surface area contributed by atoms with Crippen LogP contribution in [-0.2, 0) is 19.2 Å². The topological polar surface area (TPSA) is 142 Å². The van der Waals surface area contributed by atoms with Crippen LogP contribution in [0.15, 0.2) is 30.3 Å². The molecular weight excluding hydrogens is 360 g/mol. The molecule has 0 aliphatic carbocycles. The molecule has 0 spiro atoms. The van der Waals surface area contributed by atoms with Crippen molar-refractivity contribution in [2.45, 2.75) is 5.25 Å². The maximum atomic E-state index is 12.3. The molecule has 0 saturated heterocycles. The molecule has 3 amide bonds. The standard InChI is InChI=1S/C16H22N4O5S/c17-6-13(21)18-7-15(23)20(10-14(22)19-8-16(24)25)9-12(26)11-4-2-1-3-5-11/h1-5,12,26H,6-10,17H2,(H,18,21)(H,19,22)(H,24,25). The fourth-order valence-corrected chi connectivity index (χ4v) is 2.37. The van der Waals surface area contributed by atoms with Crippen LogP contribution >= 0.6 is 12.6 Å². The molecule has 0 saturated carbocycles. The monoisotopic (exact) mass is 382 g/mol. The van der Waals surface area contributed by atoms with Crippen molar-refractivity contribution in [2.24, 2.45) is 5.73 Å². The molecule has 1 atom stereocenters. The molecule has 0 aromatic heterocycles. The largest absolute Gasteiger partial charge is 0.480 e. The zero-order valence-electron chi connectivity index (χ0n) is 14.1. The molecule has 1 aromatic carbocycles. The predicted molar refractivity (Wildman–Crippen MR) is 97.5 cm³/mol. The number of aliphatic carboxylic acids is 1. The Kier molecular flexibility index (Phi) is 9.17. The molecule has 5 N–H and O–H groups in total. The third kappa shape index (κ3) is 7.99. The van der Waals surface area contributed by atoms with Gasteiger partial charge in [-0.25, -0.2) is 0 Å². The highest BCUT2D eigenvalue weighted by molar-refractivity contribution is 7.80. The summed E-state index contributed by atoms with van der Waals surface area (Å²) < 4.78 is 0. The molecule has 0 aliphatic rings. The van der Waals surface area contributed by atoms with Gasteiger partial charge in [-0.2, -0.15) is 12.6 Å². The molecule has 0 radical (unpaired) electrons. The second-order valence-electron chi connectivity index (χ2n) is 5.35. The molecular formula is C16H22N4O5S. The number of nitrogens with two attached hydrogens (primary N) is 1. The summed E-state index contributed by atoms with van der Waals surface area (Å²) in [7, 11) is 0. The summed E-state index contributed by atoms with van der Waals surface area (Å²) in [5, 5.41) is 12.8. The minimum atomic E-state index is -1.19. The van der Waals surface area contributed by atoms with Crippen LogP contribution in [-0.4, -0.2) is 66.4 Å². The van der Waals surface area contributed by atoms with E-state index in [2.05, 4.69) is 23.3 Å². The van der Waals surface area contributed by atoms with Gasteiger partial charge in [-0.3, -0.25) is 19.2 Å². The van der Waals surface area contributed by atoms with Gasteiger partial charge in [-0.1, -0.05) is 30.3 Å². The maximum absolute atomic E-state index is 12.3. The van der Waals surface area contributed by atoms with Crippen molar-refractivity contribution in [3.05, 3.63) is 35.9 Å². The van der Waals surface area contributed by atoms with E-state index in [9.17, 15) is 19.2 Å². The van der Waals surface area contributed by atoms with Crippen molar-refractivity contribution in [2.75, 3.05) is 32.7 Å². The minimum absolute atomic E-state index is 0.102. The highest BCUT2D eigenvalue weighted by Crippen LogP contribution is 2.20. The van der Waals surface area contributed by atoms with Gasteiger partial charge < -0.3 is 26.4 Å². The third-order valence-electron chi connectivity index (χ3n) is 3.32. The first-order valence-electron chi connectivity index (χ1n) is 7.79. The Hall–Kier alpha value is -2.59. The SMILES string of the molecule is NCC(=O)NCC(=O)N(CC(=O)NCC(=O)O)CC(S)c1ccccc1. The van der Waals surface area contributed by atoms with Crippen molar-refractivity contribution >= 4 is 36.3 Å². The molecule has 9 nitrogen and oxygen atoms in total. The summed E-state index contributed by atoms with van der Waals surface area (Å²) in [5.41, 5.74) is 6.02. The summed E-state index contributed by atoms with van der Waals surface area (Å²) in [5.74, 6) is -2.83. The third-order valence-corrected chi connectivity index (χ3v) is 3.79. The Morgan fingerprint density at radius 2 is 1.69 bits per heavy atom. The van der Waals surface area contributed by atoms with Gasteiger partial charge in [0.2, 0.25) is 17.7 Å². The summed E-state index contributed by atoms with van der Waals surface area (Å²) in [6.45, 7) is -1.38. The second-order valence-corrected chi connectivity index (χ2v) is 5.98. The number of rotatable bonds is 10. The molecule has 10 heteroatoms. The Morgan fingerprint density at radius 3 is 2.27 bits per heavy atom. The molecule has 0 fully saturated rings. The fraction of sp³-hybridized carbons (Fsp3) is 0.375. The van der Waals surface area contributed by atoms with Gasteiger partial charge in [0.05, 0.1) is 19.6 Å². The number of nitrogens with zero attached hydrogens (tertiary/aromatic N) is 1. The first kappa shape index (κ1) is 21.5. The van der Waals surface area contributed by atoms with E-state index in [-0.39, 0.29) is 31.4 Å². The minimum Gasteiger partial charge on any atom is -0.480 e. The van der Waals surface area contributed by atoms with Crippen molar-refractivity contribution in [3.8, 4) is 0 Å². The van der Waals surface area contributed by atoms with Gasteiger partial charge in [-0.05, 0) is 5.56 Å². The Balaban J connectivity index is 2.76. The zero-order valence-corrected chi connectivity index (χ0v) is 14.9. The van der Waals surface area contributed by atoms with E-state index >= 15 is 0 Å². The highest BCUT2D eigenvalue weighted by Gasteiger charge is 2.21. The highest BCUT2D eigenvalue weighted by atomic mass is 32.1. The fourth-order valence-electron chi connectivity index (χ4n) is 2.01. The van der Waals surface area contributed by atoms with E-state index < -0.39 is 30.2 Å². The smallest absolute Gasteiger partial charge is 0.322 e. The predicted octanol–water partition coefficient (Wildman–Crippen LogP) is -1.24. The van der Waals surface area contributed by atoms with Gasteiger partial charge in [0, 0.05) is 11.8 Å². The zero-order chi connectivity index (χ0) is 19.5. The van der Waals surface area contributed by atoms with Gasteiger partial charge >= 0.3 is 5.97 Å². The van der Waals surface area contributed by atoms with Crippen molar-refractivity contribution < 1.29 is 24.3 Å². The number of thiol groups is 1. The normalized spacial score (nSPS) is 11.3. The van der Waals surface area contributed by atoms with Gasteiger partial charge in [0.15, 0.2) is 0 Å². The number of carboxylic acid groups (broad SMARTS) is 1. The molecule has 26 heavy (non-hydrogen) atoms. The van der Waals surface area contributed by atoms with Gasteiger partial charge in [0.25, 0.3) is 0 Å². The summed E-state index contributed by atoms with van der Waals surface area (Å²) >= 11 is 4.46. The molecule has 1 rings (SSSR count). The van der Waals surface area contributed by atoms with Crippen LogP contribution in [0.2, 0.25) is 0 Å². The lowest BCUT2D eigenvalue weighted by Gasteiger charge is -2.25. The lowest BCUT2D eigenvalue weighted by atomic mass is 10.1. The van der Waals surface area contributed by atoms with Gasteiger partial charge in [0.1, 0.15) is 6.54 Å². The molecule has 1 unspecified atom stereocenters. The second kappa shape index (κ2) is 11.1. The molecule has 1 aromatic rings. The number of amides is 3. The molecule has 0 bridgehead atoms. The Bertz CT molecular complexity index is 641. The Labute approximate surface area is 156 Å². The van der Waals surface area contributed by atoms with Crippen LogP contribution in [0.1, 0.15) is 10.8 Å². The number of benzene rings is 1. The number of carbonyl (C=O) groups is 4. The lowest BCUT2D eigenvalue weighted by Crippen LogP contribution is -2.47. The summed E-state index contributed by atoms with van der Waals surface area (Å²) in [6.07, 6.45) is 0. The van der Waals surface area contributed by atoms with E-state index in [4.69, 9.17) is 10.8 Å². The average Bonchev–Trinajstić information content (AvgIpc) is 2.64. The first-order valence-corrected chi connectivity index (χ1v) is 8.31. The average molecular weight is 382 g/mol. The number of carboxylic acids is 1. The number of hydrogen-bond acceptors (Lipinski definition) is 6. The van der Waals surface area contributed by atoms with E-state index in [1.54, 1.807) is 0 Å². The van der Waals surface area contributed by atoms with E-state index in [1.807, 2.05) is 30.3 Å². The van der Waals surface area contributed by atoms with Gasteiger partial charge in [-0.15, -0.1) is 0 Å². The summed E-state index contributed by atoms with van der Waals surface area (Å²) in [4.78, 5) is 47.2. The molecule has 0 heterocycles. The maximum Gasteiger partial charge on any atom is 0.322 e. The van der Waals surface area contributed by atoms with Crippen LogP contribution in [0.25, 0.3) is 0 Å². The Morgan fingerprint density at radius 1 is 1.08 bits per heavy atom. The van der Waals surface area contributed by atoms with Crippen LogP contribution in [0.5, 0.6) is 0 Å². The van der Waals surface area contributed by atoms with Crippen LogP contribution in [0, 0.1) is 0 Å². The van der Waals surface area contributed by atoms with Crippen molar-refractivity contribution in [1.82, 2.24) is 15.5 Å². The van der Waals surface area contributed by atoms with Crippen LogP contribution in [0.3, 0.4) is 0 Å². The lowest BCUT2D eigenvalue weighted by molar-refractivity contribution is -0.139. The van der Waals surface area contributed by atoms with Crippen LogP contribution < -0.4 is 16.4 Å². The van der Waals surface area contributed by atoms with Crippen molar-refractivity contribution in [1.29, 1.82) is 0 Å². The summed E-state index contributed by atoms with van der Waals surface area (Å²) in [6, 6.07) is 9.16. The number of nitrogens with one attached hydrogen (secondary N) is 2. The molecule has 142 valence electrons. The quantitative estimate of drug-likeness (QED) is 0.321. The molecule has 0 aliphatic heterocycles. The number of hydrogen-bond donors (Lipinski definition) is 5. The van der Waals surface area contributed by atoms with E-state index in [1.165, 1.54) is 4.90 Å². The first-order chi connectivity index (χ1) is 12.3. The van der Waals surface area contributed by atoms with Crippen LogP contribution in [0.4, 0.5) is 0 Å². The number of carbonyl (C=O) groups excluding carboxylic acids is 3.